The van der Waals surface area contributed by atoms with E-state index in [0.717, 1.165) is 10.6 Å². The van der Waals surface area contributed by atoms with Crippen molar-refractivity contribution in [3.63, 3.8) is 0 Å². The fraction of sp³-hybridized carbons (Fsp3) is 0.238. The van der Waals surface area contributed by atoms with Crippen molar-refractivity contribution >= 4 is 35.1 Å². The molecule has 0 aromatic heterocycles. The van der Waals surface area contributed by atoms with Crippen molar-refractivity contribution in [1.29, 1.82) is 0 Å². The Morgan fingerprint density at radius 2 is 1.54 bits per heavy atom. The zero-order valence-electron chi connectivity index (χ0n) is 15.0. The summed E-state index contributed by atoms with van der Waals surface area (Å²) < 4.78 is 5.43. The molecular formula is C21H18N2O5. The second-order valence-electron chi connectivity index (χ2n) is 6.78. The lowest BCUT2D eigenvalue weighted by molar-refractivity contribution is -0.139. The highest BCUT2D eigenvalue weighted by atomic mass is 16.5. The van der Waals surface area contributed by atoms with Crippen molar-refractivity contribution in [2.75, 3.05) is 16.3 Å². The number of carbonyl (C=O) groups is 4. The van der Waals surface area contributed by atoms with Gasteiger partial charge in [-0.05, 0) is 24.3 Å². The van der Waals surface area contributed by atoms with Crippen LogP contribution in [0.25, 0.3) is 0 Å². The van der Waals surface area contributed by atoms with Gasteiger partial charge >= 0.3 is 5.97 Å². The first-order chi connectivity index (χ1) is 13.5. The molecule has 0 spiro atoms. The first kappa shape index (κ1) is 17.9. The lowest BCUT2D eigenvalue weighted by Gasteiger charge is -2.17. The van der Waals surface area contributed by atoms with Gasteiger partial charge in [0.05, 0.1) is 11.6 Å². The maximum absolute atomic E-state index is 12.5. The van der Waals surface area contributed by atoms with E-state index in [-0.39, 0.29) is 49.3 Å². The molecule has 1 atom stereocenters. The van der Waals surface area contributed by atoms with Gasteiger partial charge in [0.25, 0.3) is 0 Å². The third-order valence-corrected chi connectivity index (χ3v) is 4.87. The summed E-state index contributed by atoms with van der Waals surface area (Å²) >= 11 is 0. The van der Waals surface area contributed by atoms with Gasteiger partial charge in [-0.1, -0.05) is 24.3 Å². The largest absolute Gasteiger partial charge is 0.426 e. The van der Waals surface area contributed by atoms with Gasteiger partial charge in [0, 0.05) is 37.6 Å². The summed E-state index contributed by atoms with van der Waals surface area (Å²) in [7, 11) is 0. The minimum absolute atomic E-state index is 0.0799. The van der Waals surface area contributed by atoms with Crippen LogP contribution in [-0.2, 0) is 19.2 Å². The third-order valence-electron chi connectivity index (χ3n) is 4.87. The number of para-hydroxylation sites is 1. The van der Waals surface area contributed by atoms with Crippen LogP contribution in [0, 0.1) is 5.92 Å². The Balaban J connectivity index is 1.46. The highest BCUT2D eigenvalue weighted by Crippen LogP contribution is 2.29. The molecule has 2 heterocycles. The number of benzene rings is 2. The number of carbonyl (C=O) groups excluding carboxylic acids is 4. The molecule has 4 rings (SSSR count). The van der Waals surface area contributed by atoms with E-state index in [9.17, 15) is 19.2 Å². The molecule has 7 heteroatoms. The topological polar surface area (TPSA) is 84.0 Å². The van der Waals surface area contributed by atoms with Gasteiger partial charge in [-0.15, -0.1) is 0 Å². The van der Waals surface area contributed by atoms with E-state index in [0.29, 0.717) is 5.69 Å². The fourth-order valence-electron chi connectivity index (χ4n) is 3.47. The standard InChI is InChI=1S/C21H18N2O5/c24-18-9-10-19(25)23(18)16-7-4-8-17(12-16)28-21(27)14-11-20(26)22(13-14)15-5-2-1-3-6-15/h1-8,12,14H,9-11,13H2/t14-/m1/s1. The van der Waals surface area contributed by atoms with E-state index in [4.69, 9.17) is 4.74 Å². The molecule has 2 aliphatic heterocycles. The Morgan fingerprint density at radius 1 is 0.857 bits per heavy atom. The van der Waals surface area contributed by atoms with Gasteiger partial charge in [0.15, 0.2) is 0 Å². The summed E-state index contributed by atoms with van der Waals surface area (Å²) in [5.41, 5.74) is 1.13. The number of imide groups is 1. The van der Waals surface area contributed by atoms with Crippen LogP contribution < -0.4 is 14.5 Å². The monoisotopic (exact) mass is 378 g/mol. The third kappa shape index (κ3) is 3.38. The Morgan fingerprint density at radius 3 is 2.25 bits per heavy atom. The van der Waals surface area contributed by atoms with Crippen LogP contribution in [0.4, 0.5) is 11.4 Å². The minimum atomic E-state index is -0.577. The van der Waals surface area contributed by atoms with Crippen molar-refractivity contribution in [2.45, 2.75) is 19.3 Å². The lowest BCUT2D eigenvalue weighted by atomic mass is 10.1. The summed E-state index contributed by atoms with van der Waals surface area (Å²) in [4.78, 5) is 51.3. The summed E-state index contributed by atoms with van der Waals surface area (Å²) in [6.45, 7) is 0.254. The molecule has 0 unspecified atom stereocenters. The van der Waals surface area contributed by atoms with Gasteiger partial charge in [0.2, 0.25) is 17.7 Å². The molecule has 0 aliphatic carbocycles. The number of amides is 3. The van der Waals surface area contributed by atoms with Gasteiger partial charge in [-0.2, -0.15) is 0 Å². The van der Waals surface area contributed by atoms with E-state index in [1.807, 2.05) is 30.3 Å². The van der Waals surface area contributed by atoms with Crippen LogP contribution in [-0.4, -0.2) is 30.2 Å². The van der Waals surface area contributed by atoms with E-state index in [1.54, 1.807) is 23.1 Å². The number of nitrogens with zero attached hydrogens (tertiary/aromatic N) is 2. The minimum Gasteiger partial charge on any atom is -0.426 e. The molecule has 7 nitrogen and oxygen atoms in total. The molecule has 2 aromatic carbocycles. The Labute approximate surface area is 161 Å². The van der Waals surface area contributed by atoms with Crippen LogP contribution in [0.2, 0.25) is 0 Å². The molecule has 0 bridgehead atoms. The molecular weight excluding hydrogens is 360 g/mol. The quantitative estimate of drug-likeness (QED) is 0.463. The number of anilines is 2. The number of ether oxygens (including phenoxy) is 1. The molecule has 3 amide bonds. The van der Waals surface area contributed by atoms with Gasteiger partial charge in [-0.25, -0.2) is 0 Å². The number of hydrogen-bond donors (Lipinski definition) is 0. The molecule has 0 N–H and O–H groups in total. The highest BCUT2D eigenvalue weighted by Gasteiger charge is 2.36. The summed E-state index contributed by atoms with van der Waals surface area (Å²) in [5.74, 6) is -1.52. The van der Waals surface area contributed by atoms with Crippen LogP contribution in [0.3, 0.4) is 0 Å². The van der Waals surface area contributed by atoms with Crippen molar-refractivity contribution in [1.82, 2.24) is 0 Å². The van der Waals surface area contributed by atoms with Crippen molar-refractivity contribution < 1.29 is 23.9 Å². The lowest BCUT2D eigenvalue weighted by Crippen LogP contribution is -2.29. The summed E-state index contributed by atoms with van der Waals surface area (Å²) in [5, 5.41) is 0. The zero-order valence-corrected chi connectivity index (χ0v) is 15.0. The normalized spacial score (nSPS) is 19.4. The van der Waals surface area contributed by atoms with E-state index in [1.165, 1.54) is 6.07 Å². The van der Waals surface area contributed by atoms with Gasteiger partial charge in [-0.3, -0.25) is 24.1 Å². The molecule has 2 saturated heterocycles. The molecule has 0 radical (unpaired) electrons. The first-order valence-corrected chi connectivity index (χ1v) is 9.06. The predicted octanol–water partition coefficient (Wildman–Crippen LogP) is 2.30. The van der Waals surface area contributed by atoms with E-state index < -0.39 is 11.9 Å². The summed E-state index contributed by atoms with van der Waals surface area (Å²) in [6.07, 6.45) is 0.446. The SMILES string of the molecule is O=C(Oc1cccc(N2C(=O)CCC2=O)c1)[C@@H]1CC(=O)N(c2ccccc2)C1. The maximum Gasteiger partial charge on any atom is 0.316 e. The number of hydrogen-bond acceptors (Lipinski definition) is 5. The molecule has 2 aliphatic rings. The molecule has 28 heavy (non-hydrogen) atoms. The number of esters is 1. The summed E-state index contributed by atoms with van der Waals surface area (Å²) in [6, 6.07) is 15.5. The molecule has 2 fully saturated rings. The first-order valence-electron chi connectivity index (χ1n) is 9.06. The van der Waals surface area contributed by atoms with Crippen LogP contribution >= 0.6 is 0 Å². The predicted molar refractivity (Wildman–Crippen MR) is 101 cm³/mol. The van der Waals surface area contributed by atoms with Crippen molar-refractivity contribution in [3.8, 4) is 5.75 Å². The molecule has 2 aromatic rings. The zero-order chi connectivity index (χ0) is 19.7. The highest BCUT2D eigenvalue weighted by molar-refractivity contribution is 6.19. The van der Waals surface area contributed by atoms with Crippen LogP contribution in [0.1, 0.15) is 19.3 Å². The average Bonchev–Trinajstić information content (AvgIpc) is 3.25. The fourth-order valence-corrected chi connectivity index (χ4v) is 3.47. The Hall–Kier alpha value is -3.48. The van der Waals surface area contributed by atoms with Crippen molar-refractivity contribution in [2.24, 2.45) is 5.92 Å². The van der Waals surface area contributed by atoms with Crippen LogP contribution in [0.15, 0.2) is 54.6 Å². The maximum atomic E-state index is 12.5. The van der Waals surface area contributed by atoms with E-state index >= 15 is 0 Å². The van der Waals surface area contributed by atoms with Crippen LogP contribution in [0.5, 0.6) is 5.75 Å². The second-order valence-corrected chi connectivity index (χ2v) is 6.78. The molecule has 142 valence electrons. The smallest absolute Gasteiger partial charge is 0.316 e. The number of rotatable bonds is 4. The molecule has 0 saturated carbocycles. The average molecular weight is 378 g/mol. The Bertz CT molecular complexity index is 940. The van der Waals surface area contributed by atoms with Gasteiger partial charge < -0.3 is 9.64 Å². The Kier molecular flexibility index (Phi) is 4.65. The van der Waals surface area contributed by atoms with E-state index in [2.05, 4.69) is 0 Å². The second kappa shape index (κ2) is 7.26. The van der Waals surface area contributed by atoms with Crippen molar-refractivity contribution in [3.05, 3.63) is 54.6 Å². The van der Waals surface area contributed by atoms with Gasteiger partial charge in [0.1, 0.15) is 5.75 Å².